The number of nitrogens with one attached hydrogen (secondary N) is 1. The van der Waals surface area contributed by atoms with Crippen LogP contribution in [0, 0.1) is 0 Å². The second kappa shape index (κ2) is 7.05. The molecule has 6 heteroatoms. The van der Waals surface area contributed by atoms with Crippen LogP contribution in [0.3, 0.4) is 0 Å². The highest BCUT2D eigenvalue weighted by Gasteiger charge is 2.27. The van der Waals surface area contributed by atoms with E-state index in [2.05, 4.69) is 4.98 Å². The van der Waals surface area contributed by atoms with Crippen molar-refractivity contribution in [2.24, 2.45) is 0 Å². The van der Waals surface area contributed by atoms with Gasteiger partial charge in [0.15, 0.2) is 5.76 Å². The molecule has 0 amide bonds. The van der Waals surface area contributed by atoms with Crippen LogP contribution < -0.4 is 4.31 Å². The van der Waals surface area contributed by atoms with E-state index >= 15 is 0 Å². The fraction of sp³-hybridized carbons (Fsp3) is 0.0909. The highest BCUT2D eigenvalue weighted by molar-refractivity contribution is 7.92. The van der Waals surface area contributed by atoms with Gasteiger partial charge in [0.2, 0.25) is 10.0 Å². The quantitative estimate of drug-likeness (QED) is 0.519. The van der Waals surface area contributed by atoms with Crippen molar-refractivity contribution in [1.29, 1.82) is 0 Å². The van der Waals surface area contributed by atoms with E-state index in [1.165, 1.54) is 10.6 Å². The third kappa shape index (κ3) is 3.23. The Morgan fingerprint density at radius 3 is 1.89 bits per heavy atom. The zero-order valence-corrected chi connectivity index (χ0v) is 16.4. The van der Waals surface area contributed by atoms with Gasteiger partial charge < -0.3 is 9.40 Å². The minimum Gasteiger partial charge on any atom is -0.463 e. The smallest absolute Gasteiger partial charge is 0.233 e. The topological polar surface area (TPSA) is 66.3 Å². The molecule has 0 saturated heterocycles. The van der Waals surface area contributed by atoms with Crippen LogP contribution in [0.25, 0.3) is 33.7 Å². The summed E-state index contributed by atoms with van der Waals surface area (Å²) in [5.41, 5.74) is 4.33. The van der Waals surface area contributed by atoms with Gasteiger partial charge in [0.25, 0.3) is 0 Å². The van der Waals surface area contributed by atoms with Crippen LogP contribution in [0.2, 0.25) is 0 Å². The fourth-order valence-corrected chi connectivity index (χ4v) is 3.74. The Morgan fingerprint density at radius 2 is 1.39 bits per heavy atom. The molecule has 2 aromatic carbocycles. The van der Waals surface area contributed by atoms with E-state index in [0.29, 0.717) is 11.6 Å². The number of benzene rings is 2. The Bertz CT molecular complexity index is 1180. The summed E-state index contributed by atoms with van der Waals surface area (Å²) in [6.07, 6.45) is 2.80. The van der Waals surface area contributed by atoms with Crippen LogP contribution in [0.15, 0.2) is 83.5 Å². The standard InChI is InChI=1S/C22H20N2O3S/c1-24(28(2,25)26)22-20(17-12-7-4-8-13-17)19(16-10-5-3-6-11-16)21(23-22)18-14-9-15-27-18/h3-15,23H,1-2H3. The zero-order chi connectivity index (χ0) is 19.7. The van der Waals surface area contributed by atoms with Gasteiger partial charge in [0.1, 0.15) is 5.82 Å². The predicted molar refractivity (Wildman–Crippen MR) is 113 cm³/mol. The Kier molecular flexibility index (Phi) is 4.57. The zero-order valence-electron chi connectivity index (χ0n) is 15.6. The monoisotopic (exact) mass is 392 g/mol. The molecule has 0 radical (unpaired) electrons. The molecule has 0 fully saturated rings. The first-order valence-electron chi connectivity index (χ1n) is 8.81. The van der Waals surface area contributed by atoms with E-state index in [1.54, 1.807) is 13.3 Å². The minimum atomic E-state index is -3.47. The summed E-state index contributed by atoms with van der Waals surface area (Å²) >= 11 is 0. The molecule has 0 bridgehead atoms. The van der Waals surface area contributed by atoms with E-state index in [-0.39, 0.29) is 0 Å². The van der Waals surface area contributed by atoms with E-state index in [1.807, 2.05) is 72.8 Å². The first-order chi connectivity index (χ1) is 13.5. The van der Waals surface area contributed by atoms with Crippen molar-refractivity contribution in [2.75, 3.05) is 17.6 Å². The third-order valence-corrected chi connectivity index (χ3v) is 5.86. The Balaban J connectivity index is 2.11. The lowest BCUT2D eigenvalue weighted by molar-refractivity contribution is 0.580. The summed E-state index contributed by atoms with van der Waals surface area (Å²) in [7, 11) is -1.92. The number of aromatic amines is 1. The molecule has 0 atom stereocenters. The van der Waals surface area contributed by atoms with Crippen molar-refractivity contribution < 1.29 is 12.8 Å². The summed E-state index contributed by atoms with van der Waals surface area (Å²) in [6, 6.07) is 23.3. The molecule has 0 unspecified atom stereocenters. The lowest BCUT2D eigenvalue weighted by atomic mass is 9.95. The number of aromatic nitrogens is 1. The van der Waals surface area contributed by atoms with Crippen LogP contribution in [0.1, 0.15) is 0 Å². The molecule has 142 valence electrons. The van der Waals surface area contributed by atoms with Crippen molar-refractivity contribution in [3.63, 3.8) is 0 Å². The van der Waals surface area contributed by atoms with Gasteiger partial charge in [-0.1, -0.05) is 60.7 Å². The molecule has 2 heterocycles. The summed E-state index contributed by atoms with van der Waals surface area (Å²) in [6.45, 7) is 0. The average Bonchev–Trinajstić information content (AvgIpc) is 3.35. The molecule has 0 aliphatic heterocycles. The number of furan rings is 1. The summed E-state index contributed by atoms with van der Waals surface area (Å²) in [5.74, 6) is 1.14. The molecule has 1 N–H and O–H groups in total. The Labute approximate surface area is 164 Å². The largest absolute Gasteiger partial charge is 0.463 e. The number of rotatable bonds is 5. The van der Waals surface area contributed by atoms with E-state index in [9.17, 15) is 8.42 Å². The number of anilines is 1. The van der Waals surface area contributed by atoms with Gasteiger partial charge in [-0.2, -0.15) is 0 Å². The summed E-state index contributed by atoms with van der Waals surface area (Å²) in [5, 5.41) is 0. The van der Waals surface area contributed by atoms with Crippen molar-refractivity contribution in [1.82, 2.24) is 4.98 Å². The van der Waals surface area contributed by atoms with Gasteiger partial charge in [-0.3, -0.25) is 4.31 Å². The van der Waals surface area contributed by atoms with Gasteiger partial charge in [-0.05, 0) is 23.3 Å². The second-order valence-electron chi connectivity index (χ2n) is 6.54. The molecule has 0 saturated carbocycles. The van der Waals surface area contributed by atoms with Gasteiger partial charge >= 0.3 is 0 Å². The van der Waals surface area contributed by atoms with Crippen LogP contribution in [-0.4, -0.2) is 26.7 Å². The first kappa shape index (κ1) is 18.1. The maximum absolute atomic E-state index is 12.3. The number of hydrogen-bond donors (Lipinski definition) is 1. The Morgan fingerprint density at radius 1 is 0.821 bits per heavy atom. The molecule has 4 aromatic rings. The van der Waals surface area contributed by atoms with Gasteiger partial charge in [0.05, 0.1) is 18.2 Å². The molecular weight excluding hydrogens is 372 g/mol. The molecule has 0 aliphatic rings. The van der Waals surface area contributed by atoms with Crippen LogP contribution in [-0.2, 0) is 10.0 Å². The second-order valence-corrected chi connectivity index (χ2v) is 8.55. The predicted octanol–water partition coefficient (Wildman–Crippen LogP) is 5.00. The molecule has 2 aromatic heterocycles. The summed E-state index contributed by atoms with van der Waals surface area (Å²) in [4.78, 5) is 3.31. The summed E-state index contributed by atoms with van der Waals surface area (Å²) < 4.78 is 31.6. The van der Waals surface area contributed by atoms with E-state index in [4.69, 9.17) is 4.42 Å². The Hall–Kier alpha value is -3.25. The number of H-pyrrole nitrogens is 1. The van der Waals surface area contributed by atoms with Crippen molar-refractivity contribution in [3.8, 4) is 33.7 Å². The molecular formula is C22H20N2O3S. The van der Waals surface area contributed by atoms with Gasteiger partial charge in [-0.15, -0.1) is 0 Å². The first-order valence-corrected chi connectivity index (χ1v) is 10.7. The highest BCUT2D eigenvalue weighted by Crippen LogP contribution is 2.46. The van der Waals surface area contributed by atoms with Gasteiger partial charge in [-0.25, -0.2) is 8.42 Å². The fourth-order valence-electron chi connectivity index (χ4n) is 3.27. The van der Waals surface area contributed by atoms with E-state index < -0.39 is 10.0 Å². The molecule has 0 aliphatic carbocycles. The number of sulfonamides is 1. The number of nitrogens with zero attached hydrogens (tertiary/aromatic N) is 1. The van der Waals surface area contributed by atoms with Crippen molar-refractivity contribution >= 4 is 15.8 Å². The number of hydrogen-bond acceptors (Lipinski definition) is 3. The van der Waals surface area contributed by atoms with Gasteiger partial charge in [0, 0.05) is 18.2 Å². The van der Waals surface area contributed by atoms with Crippen LogP contribution >= 0.6 is 0 Å². The normalized spacial score (nSPS) is 11.5. The van der Waals surface area contributed by atoms with E-state index in [0.717, 1.165) is 27.9 Å². The van der Waals surface area contributed by atoms with Crippen LogP contribution in [0.5, 0.6) is 0 Å². The average molecular weight is 392 g/mol. The lowest BCUT2D eigenvalue weighted by Crippen LogP contribution is -2.25. The molecule has 5 nitrogen and oxygen atoms in total. The molecule has 28 heavy (non-hydrogen) atoms. The third-order valence-electron chi connectivity index (χ3n) is 4.69. The highest BCUT2D eigenvalue weighted by atomic mass is 32.2. The minimum absolute atomic E-state index is 0.499. The SMILES string of the molecule is CN(c1[nH]c(-c2ccco2)c(-c2ccccc2)c1-c1ccccc1)S(C)(=O)=O. The van der Waals surface area contributed by atoms with Crippen LogP contribution in [0.4, 0.5) is 5.82 Å². The maximum atomic E-state index is 12.3. The lowest BCUT2D eigenvalue weighted by Gasteiger charge is -2.17. The molecule has 0 spiro atoms. The molecule has 4 rings (SSSR count). The maximum Gasteiger partial charge on any atom is 0.233 e. The van der Waals surface area contributed by atoms with Crippen molar-refractivity contribution in [2.45, 2.75) is 0 Å². The van der Waals surface area contributed by atoms with Crippen molar-refractivity contribution in [3.05, 3.63) is 79.1 Å².